The molecule has 1 aliphatic heterocycles. The minimum absolute atomic E-state index is 0.117. The standard InChI is InChI=1S/C18H20N4O2/c1-14(23)21-9-11-22(12-10-21)16-7-8-17(19-13-16)20-18(24)15-5-3-2-4-6-15/h2-8,13H,9-12H2,1H3,(H,19,20,24). The quantitative estimate of drug-likeness (QED) is 0.938. The summed E-state index contributed by atoms with van der Waals surface area (Å²) in [5, 5.41) is 2.79. The number of rotatable bonds is 3. The number of nitrogens with one attached hydrogen (secondary N) is 1. The van der Waals surface area contributed by atoms with E-state index in [0.717, 1.165) is 31.9 Å². The Hall–Kier alpha value is -2.89. The lowest BCUT2D eigenvalue weighted by atomic mass is 10.2. The van der Waals surface area contributed by atoms with Gasteiger partial charge in [-0.25, -0.2) is 4.98 Å². The molecule has 0 aliphatic carbocycles. The van der Waals surface area contributed by atoms with Gasteiger partial charge in [0.05, 0.1) is 11.9 Å². The van der Waals surface area contributed by atoms with Crippen LogP contribution >= 0.6 is 0 Å². The molecule has 1 aromatic carbocycles. The Balaban J connectivity index is 1.60. The predicted octanol–water partition coefficient (Wildman–Crippen LogP) is 2.00. The van der Waals surface area contributed by atoms with Gasteiger partial charge in [0.1, 0.15) is 5.82 Å². The number of pyridine rings is 1. The minimum Gasteiger partial charge on any atom is -0.367 e. The largest absolute Gasteiger partial charge is 0.367 e. The average Bonchev–Trinajstić information content (AvgIpc) is 2.63. The third-order valence-electron chi connectivity index (χ3n) is 4.12. The van der Waals surface area contributed by atoms with Gasteiger partial charge in [-0.2, -0.15) is 0 Å². The maximum atomic E-state index is 12.1. The van der Waals surface area contributed by atoms with Gasteiger partial charge in [-0.15, -0.1) is 0 Å². The number of hydrogen-bond donors (Lipinski definition) is 1. The van der Waals surface area contributed by atoms with E-state index in [1.54, 1.807) is 31.3 Å². The van der Waals surface area contributed by atoms with Crippen LogP contribution in [0.4, 0.5) is 11.5 Å². The van der Waals surface area contributed by atoms with Gasteiger partial charge < -0.3 is 15.1 Å². The fourth-order valence-corrected chi connectivity index (χ4v) is 2.70. The summed E-state index contributed by atoms with van der Waals surface area (Å²) in [6, 6.07) is 12.8. The number of carbonyl (C=O) groups excluding carboxylic acids is 2. The third kappa shape index (κ3) is 3.71. The Morgan fingerprint density at radius 3 is 2.29 bits per heavy atom. The first-order valence-corrected chi connectivity index (χ1v) is 7.96. The molecular formula is C18H20N4O2. The SMILES string of the molecule is CC(=O)N1CCN(c2ccc(NC(=O)c3ccccc3)nc2)CC1. The van der Waals surface area contributed by atoms with Crippen molar-refractivity contribution in [3.05, 3.63) is 54.2 Å². The highest BCUT2D eigenvalue weighted by Gasteiger charge is 2.19. The normalized spacial score (nSPS) is 14.4. The summed E-state index contributed by atoms with van der Waals surface area (Å²) in [6.45, 7) is 4.62. The zero-order valence-electron chi connectivity index (χ0n) is 13.6. The maximum absolute atomic E-state index is 12.1. The second-order valence-corrected chi connectivity index (χ2v) is 5.71. The number of piperazine rings is 1. The minimum atomic E-state index is -0.175. The first-order valence-electron chi connectivity index (χ1n) is 7.96. The lowest BCUT2D eigenvalue weighted by Crippen LogP contribution is -2.48. The van der Waals surface area contributed by atoms with E-state index >= 15 is 0 Å². The van der Waals surface area contributed by atoms with Crippen LogP contribution in [0.2, 0.25) is 0 Å². The van der Waals surface area contributed by atoms with E-state index in [4.69, 9.17) is 0 Å². The molecule has 3 rings (SSSR count). The molecule has 1 aromatic heterocycles. The van der Waals surface area contributed by atoms with Crippen LogP contribution in [0.25, 0.3) is 0 Å². The van der Waals surface area contributed by atoms with E-state index in [9.17, 15) is 9.59 Å². The predicted molar refractivity (Wildman–Crippen MR) is 93.1 cm³/mol. The molecule has 1 N–H and O–H groups in total. The van der Waals surface area contributed by atoms with Gasteiger partial charge in [-0.3, -0.25) is 9.59 Å². The van der Waals surface area contributed by atoms with Crippen LogP contribution < -0.4 is 10.2 Å². The second-order valence-electron chi connectivity index (χ2n) is 5.71. The average molecular weight is 324 g/mol. The molecule has 0 saturated carbocycles. The zero-order chi connectivity index (χ0) is 16.9. The molecule has 2 aromatic rings. The summed E-state index contributed by atoms with van der Waals surface area (Å²) in [5.74, 6) is 0.465. The molecule has 0 unspecified atom stereocenters. The number of hydrogen-bond acceptors (Lipinski definition) is 4. The number of benzene rings is 1. The molecule has 0 radical (unpaired) electrons. The van der Waals surface area contributed by atoms with Crippen LogP contribution in [0.3, 0.4) is 0 Å². The topological polar surface area (TPSA) is 65.5 Å². The first kappa shape index (κ1) is 16.0. The van der Waals surface area contributed by atoms with E-state index < -0.39 is 0 Å². The number of anilines is 2. The monoisotopic (exact) mass is 324 g/mol. The smallest absolute Gasteiger partial charge is 0.256 e. The molecule has 24 heavy (non-hydrogen) atoms. The van der Waals surface area contributed by atoms with Crippen molar-refractivity contribution in [3.8, 4) is 0 Å². The van der Waals surface area contributed by atoms with Crippen LogP contribution in [0, 0.1) is 0 Å². The molecule has 124 valence electrons. The molecular weight excluding hydrogens is 304 g/mol. The molecule has 6 nitrogen and oxygen atoms in total. The zero-order valence-corrected chi connectivity index (χ0v) is 13.6. The molecule has 2 heterocycles. The van der Waals surface area contributed by atoms with Crippen molar-refractivity contribution in [2.75, 3.05) is 36.4 Å². The molecule has 1 fully saturated rings. The molecule has 6 heteroatoms. The number of aromatic nitrogens is 1. The van der Waals surface area contributed by atoms with Gasteiger partial charge in [-0.1, -0.05) is 18.2 Å². The van der Waals surface area contributed by atoms with E-state index in [1.165, 1.54) is 0 Å². The van der Waals surface area contributed by atoms with Crippen molar-refractivity contribution < 1.29 is 9.59 Å². The highest BCUT2D eigenvalue weighted by atomic mass is 16.2. The van der Waals surface area contributed by atoms with Gasteiger partial charge in [0.2, 0.25) is 5.91 Å². The summed E-state index contributed by atoms with van der Waals surface area (Å²) in [4.78, 5) is 31.8. The molecule has 1 saturated heterocycles. The highest BCUT2D eigenvalue weighted by molar-refractivity contribution is 6.03. The van der Waals surface area contributed by atoms with Crippen LogP contribution in [0.1, 0.15) is 17.3 Å². The first-order chi connectivity index (χ1) is 11.6. The summed E-state index contributed by atoms with van der Waals surface area (Å²) in [5.41, 5.74) is 1.60. The van der Waals surface area contributed by atoms with E-state index in [1.807, 2.05) is 29.2 Å². The van der Waals surface area contributed by atoms with E-state index in [2.05, 4.69) is 15.2 Å². The van der Waals surface area contributed by atoms with Crippen molar-refractivity contribution in [2.45, 2.75) is 6.92 Å². The van der Waals surface area contributed by atoms with Gasteiger partial charge >= 0.3 is 0 Å². The van der Waals surface area contributed by atoms with Crippen LogP contribution in [0.5, 0.6) is 0 Å². The Labute approximate surface area is 141 Å². The molecule has 1 aliphatic rings. The Kier molecular flexibility index (Phi) is 4.74. The van der Waals surface area contributed by atoms with Gasteiger partial charge in [0.25, 0.3) is 5.91 Å². The van der Waals surface area contributed by atoms with Crippen molar-refractivity contribution in [3.63, 3.8) is 0 Å². The van der Waals surface area contributed by atoms with Crippen molar-refractivity contribution in [1.29, 1.82) is 0 Å². The van der Waals surface area contributed by atoms with Crippen LogP contribution in [-0.2, 0) is 4.79 Å². The Morgan fingerprint density at radius 2 is 1.71 bits per heavy atom. The Bertz CT molecular complexity index is 708. The number of nitrogens with zero attached hydrogens (tertiary/aromatic N) is 3. The molecule has 0 atom stereocenters. The maximum Gasteiger partial charge on any atom is 0.256 e. The fourth-order valence-electron chi connectivity index (χ4n) is 2.70. The third-order valence-corrected chi connectivity index (χ3v) is 4.12. The second kappa shape index (κ2) is 7.12. The van der Waals surface area contributed by atoms with Gasteiger partial charge in [0, 0.05) is 38.7 Å². The highest BCUT2D eigenvalue weighted by Crippen LogP contribution is 2.17. The molecule has 0 bridgehead atoms. The lowest BCUT2D eigenvalue weighted by molar-refractivity contribution is -0.129. The van der Waals surface area contributed by atoms with Crippen molar-refractivity contribution in [2.24, 2.45) is 0 Å². The summed E-state index contributed by atoms with van der Waals surface area (Å²) in [6.07, 6.45) is 1.75. The molecule has 0 spiro atoms. The lowest BCUT2D eigenvalue weighted by Gasteiger charge is -2.35. The van der Waals surface area contributed by atoms with Crippen LogP contribution in [0.15, 0.2) is 48.7 Å². The summed E-state index contributed by atoms with van der Waals surface area (Å²) >= 11 is 0. The van der Waals surface area contributed by atoms with Crippen molar-refractivity contribution >= 4 is 23.3 Å². The van der Waals surface area contributed by atoms with Crippen molar-refractivity contribution in [1.82, 2.24) is 9.88 Å². The summed E-state index contributed by atoms with van der Waals surface area (Å²) in [7, 11) is 0. The van der Waals surface area contributed by atoms with Gasteiger partial charge in [0.15, 0.2) is 0 Å². The Morgan fingerprint density at radius 1 is 1.00 bits per heavy atom. The van der Waals surface area contributed by atoms with E-state index in [0.29, 0.717) is 11.4 Å². The fraction of sp³-hybridized carbons (Fsp3) is 0.278. The summed E-state index contributed by atoms with van der Waals surface area (Å²) < 4.78 is 0. The van der Waals surface area contributed by atoms with Gasteiger partial charge in [-0.05, 0) is 24.3 Å². The number of amides is 2. The van der Waals surface area contributed by atoms with E-state index in [-0.39, 0.29) is 11.8 Å². The van der Waals surface area contributed by atoms with Crippen LogP contribution in [-0.4, -0.2) is 47.9 Å². The molecule has 2 amide bonds. The number of carbonyl (C=O) groups is 2.